The molecule has 2 heterocycles. The quantitative estimate of drug-likeness (QED) is 0.905. The number of carbonyl (C=O) groups is 1. The van der Waals surface area contributed by atoms with E-state index in [-0.39, 0.29) is 17.3 Å². The maximum Gasteiger partial charge on any atom is 0.274 e. The van der Waals surface area contributed by atoms with Crippen LogP contribution in [0.3, 0.4) is 0 Å². The minimum absolute atomic E-state index is 0.180. The molecule has 0 aliphatic carbocycles. The van der Waals surface area contributed by atoms with Crippen LogP contribution in [0.15, 0.2) is 30.5 Å². The van der Waals surface area contributed by atoms with Crippen molar-refractivity contribution in [3.63, 3.8) is 0 Å². The Bertz CT molecular complexity index is 644. The fourth-order valence-electron chi connectivity index (χ4n) is 2.30. The van der Waals surface area contributed by atoms with E-state index in [9.17, 15) is 13.6 Å². The molecule has 5 nitrogen and oxygen atoms in total. The number of nitrogens with one attached hydrogen (secondary N) is 1. The van der Waals surface area contributed by atoms with Gasteiger partial charge in [0.05, 0.1) is 0 Å². The first kappa shape index (κ1) is 13.7. The summed E-state index contributed by atoms with van der Waals surface area (Å²) in [6.45, 7) is 2.66. The maximum absolute atomic E-state index is 13.7. The van der Waals surface area contributed by atoms with Crippen molar-refractivity contribution in [1.29, 1.82) is 0 Å². The molecule has 1 aromatic heterocycles. The third kappa shape index (κ3) is 2.64. The molecule has 7 heteroatoms. The first-order valence-electron chi connectivity index (χ1n) is 6.67. The largest absolute Gasteiger partial charge is 0.335 e. The summed E-state index contributed by atoms with van der Waals surface area (Å²) < 4.78 is 28.4. The van der Waals surface area contributed by atoms with Crippen LogP contribution in [0.2, 0.25) is 0 Å². The third-order valence-electron chi connectivity index (χ3n) is 3.38. The van der Waals surface area contributed by atoms with Gasteiger partial charge >= 0.3 is 0 Å². The van der Waals surface area contributed by atoms with E-state index in [0.717, 1.165) is 29.9 Å². The number of piperazine rings is 1. The lowest BCUT2D eigenvalue weighted by Crippen LogP contribution is -2.46. The summed E-state index contributed by atoms with van der Waals surface area (Å²) in [7, 11) is 0. The molecule has 1 saturated heterocycles. The molecule has 1 aromatic carbocycles. The van der Waals surface area contributed by atoms with Gasteiger partial charge < -0.3 is 10.2 Å². The highest BCUT2D eigenvalue weighted by atomic mass is 19.1. The van der Waals surface area contributed by atoms with Gasteiger partial charge in [-0.3, -0.25) is 4.79 Å². The predicted octanol–water partition coefficient (Wildman–Crippen LogP) is 1.20. The van der Waals surface area contributed by atoms with Crippen molar-refractivity contribution in [2.75, 3.05) is 26.2 Å². The Morgan fingerprint density at radius 2 is 1.81 bits per heavy atom. The first-order chi connectivity index (χ1) is 10.2. The molecule has 1 fully saturated rings. The van der Waals surface area contributed by atoms with E-state index in [0.29, 0.717) is 13.1 Å². The van der Waals surface area contributed by atoms with Crippen LogP contribution in [-0.2, 0) is 0 Å². The van der Waals surface area contributed by atoms with Gasteiger partial charge in [-0.25, -0.2) is 13.5 Å². The Labute approximate surface area is 120 Å². The van der Waals surface area contributed by atoms with E-state index in [2.05, 4.69) is 10.4 Å². The second kappa shape index (κ2) is 5.61. The predicted molar refractivity (Wildman–Crippen MR) is 72.3 cm³/mol. The zero-order valence-electron chi connectivity index (χ0n) is 11.2. The second-order valence-electron chi connectivity index (χ2n) is 4.76. The molecule has 110 valence electrons. The molecule has 2 aromatic rings. The molecule has 21 heavy (non-hydrogen) atoms. The molecule has 1 amide bonds. The Morgan fingerprint density at radius 1 is 1.14 bits per heavy atom. The molecular weight excluding hydrogens is 278 g/mol. The topological polar surface area (TPSA) is 50.2 Å². The van der Waals surface area contributed by atoms with Gasteiger partial charge in [0.2, 0.25) is 0 Å². The molecule has 0 spiro atoms. The molecule has 0 saturated carbocycles. The molecule has 0 atom stereocenters. The fraction of sp³-hybridized carbons (Fsp3) is 0.286. The number of aromatic nitrogens is 2. The van der Waals surface area contributed by atoms with Gasteiger partial charge in [-0.1, -0.05) is 6.07 Å². The summed E-state index contributed by atoms with van der Waals surface area (Å²) in [6.07, 6.45) is 1.39. The lowest BCUT2D eigenvalue weighted by Gasteiger charge is -2.26. The van der Waals surface area contributed by atoms with E-state index < -0.39 is 11.6 Å². The normalized spacial score (nSPS) is 15.2. The van der Waals surface area contributed by atoms with Crippen molar-refractivity contribution in [2.45, 2.75) is 0 Å². The maximum atomic E-state index is 13.7. The Kier molecular flexibility index (Phi) is 3.66. The molecule has 1 aliphatic rings. The van der Waals surface area contributed by atoms with E-state index in [1.54, 1.807) is 4.90 Å². The van der Waals surface area contributed by atoms with Crippen molar-refractivity contribution in [2.24, 2.45) is 0 Å². The summed E-state index contributed by atoms with van der Waals surface area (Å²) in [5, 5.41) is 7.15. The van der Waals surface area contributed by atoms with Crippen LogP contribution in [0.25, 0.3) is 5.69 Å². The van der Waals surface area contributed by atoms with Crippen molar-refractivity contribution in [3.05, 3.63) is 47.8 Å². The number of carbonyl (C=O) groups excluding carboxylic acids is 1. The SMILES string of the molecule is O=C(c1ccn(-c2c(F)cccc2F)n1)N1CCNCC1. The van der Waals surface area contributed by atoms with Crippen molar-refractivity contribution >= 4 is 5.91 Å². The summed E-state index contributed by atoms with van der Waals surface area (Å²) >= 11 is 0. The van der Waals surface area contributed by atoms with Crippen LogP contribution in [-0.4, -0.2) is 46.8 Å². The molecule has 0 radical (unpaired) electrons. The van der Waals surface area contributed by atoms with Crippen molar-refractivity contribution < 1.29 is 13.6 Å². The highest BCUT2D eigenvalue weighted by Gasteiger charge is 2.21. The van der Waals surface area contributed by atoms with Gasteiger partial charge in [0.25, 0.3) is 5.91 Å². The van der Waals surface area contributed by atoms with Gasteiger partial charge in [0.1, 0.15) is 5.69 Å². The number of hydrogen-bond acceptors (Lipinski definition) is 3. The molecule has 0 unspecified atom stereocenters. The first-order valence-corrected chi connectivity index (χ1v) is 6.67. The summed E-state index contributed by atoms with van der Waals surface area (Å²) in [6, 6.07) is 5.05. The Morgan fingerprint density at radius 3 is 2.48 bits per heavy atom. The van der Waals surface area contributed by atoms with Crippen LogP contribution in [0, 0.1) is 11.6 Å². The van der Waals surface area contributed by atoms with Gasteiger partial charge in [0, 0.05) is 32.4 Å². The molecule has 3 rings (SSSR count). The minimum Gasteiger partial charge on any atom is -0.335 e. The highest BCUT2D eigenvalue weighted by Crippen LogP contribution is 2.17. The molecule has 1 aliphatic heterocycles. The number of para-hydroxylation sites is 1. The number of rotatable bonds is 2. The van der Waals surface area contributed by atoms with E-state index >= 15 is 0 Å². The van der Waals surface area contributed by atoms with Crippen LogP contribution < -0.4 is 5.32 Å². The molecular formula is C14H14F2N4O. The smallest absolute Gasteiger partial charge is 0.274 e. The summed E-state index contributed by atoms with van der Waals surface area (Å²) in [5.41, 5.74) is -0.101. The fourth-order valence-corrected chi connectivity index (χ4v) is 2.30. The average Bonchev–Trinajstić information content (AvgIpc) is 2.97. The second-order valence-corrected chi connectivity index (χ2v) is 4.76. The van der Waals surface area contributed by atoms with Gasteiger partial charge in [-0.05, 0) is 18.2 Å². The number of halogens is 2. The monoisotopic (exact) mass is 292 g/mol. The van der Waals surface area contributed by atoms with Gasteiger partial charge in [-0.15, -0.1) is 0 Å². The number of hydrogen-bond donors (Lipinski definition) is 1. The van der Waals surface area contributed by atoms with E-state index in [1.807, 2.05) is 0 Å². The number of amides is 1. The number of benzene rings is 1. The standard InChI is InChI=1S/C14H14F2N4O/c15-10-2-1-3-11(16)13(10)20-7-4-12(18-20)14(21)19-8-5-17-6-9-19/h1-4,7,17H,5-6,8-9H2. The van der Waals surface area contributed by atoms with Crippen LogP contribution in [0.4, 0.5) is 8.78 Å². The van der Waals surface area contributed by atoms with Gasteiger partial charge in [0.15, 0.2) is 17.3 Å². The number of nitrogens with zero attached hydrogens (tertiary/aromatic N) is 3. The van der Waals surface area contributed by atoms with E-state index in [1.165, 1.54) is 18.3 Å². The van der Waals surface area contributed by atoms with Crippen LogP contribution in [0.1, 0.15) is 10.5 Å². The van der Waals surface area contributed by atoms with Crippen molar-refractivity contribution in [1.82, 2.24) is 20.0 Å². The lowest BCUT2D eigenvalue weighted by molar-refractivity contribution is 0.0729. The average molecular weight is 292 g/mol. The van der Waals surface area contributed by atoms with Crippen LogP contribution >= 0.6 is 0 Å². The van der Waals surface area contributed by atoms with Gasteiger partial charge in [-0.2, -0.15) is 5.10 Å². The third-order valence-corrected chi connectivity index (χ3v) is 3.38. The Balaban J connectivity index is 1.88. The minimum atomic E-state index is -0.723. The summed E-state index contributed by atoms with van der Waals surface area (Å²) in [5.74, 6) is -1.68. The van der Waals surface area contributed by atoms with Crippen LogP contribution in [0.5, 0.6) is 0 Å². The molecule has 0 bridgehead atoms. The zero-order chi connectivity index (χ0) is 14.8. The lowest BCUT2D eigenvalue weighted by atomic mass is 10.3. The highest BCUT2D eigenvalue weighted by molar-refractivity contribution is 5.92. The Hall–Kier alpha value is -2.28. The summed E-state index contributed by atoms with van der Waals surface area (Å²) in [4.78, 5) is 13.9. The van der Waals surface area contributed by atoms with E-state index in [4.69, 9.17) is 0 Å². The molecule has 1 N–H and O–H groups in total. The zero-order valence-corrected chi connectivity index (χ0v) is 11.2. The van der Waals surface area contributed by atoms with Crippen molar-refractivity contribution in [3.8, 4) is 5.69 Å².